The van der Waals surface area contributed by atoms with E-state index in [1.54, 1.807) is 12.1 Å². The molecule has 7 heteroatoms. The Morgan fingerprint density at radius 3 is 2.12 bits per heavy atom. The topological polar surface area (TPSA) is 129 Å². The van der Waals surface area contributed by atoms with Crippen molar-refractivity contribution in [1.82, 2.24) is 4.98 Å². The first kappa shape index (κ1) is 28.8. The lowest BCUT2D eigenvalue weighted by molar-refractivity contribution is -0.140. The normalized spacial score (nSPS) is 15.2. The Balaban J connectivity index is 0.000000283. The number of nitrogens with two attached hydrogens (primary N) is 2. The van der Waals surface area contributed by atoms with Crippen LogP contribution in [0, 0.1) is 5.92 Å². The summed E-state index contributed by atoms with van der Waals surface area (Å²) in [7, 11) is 0. The van der Waals surface area contributed by atoms with Crippen LogP contribution >= 0.6 is 0 Å². The summed E-state index contributed by atoms with van der Waals surface area (Å²) in [5.41, 5.74) is 13.9. The Kier molecular flexibility index (Phi) is 10.2. The first-order valence-corrected chi connectivity index (χ1v) is 13.8. The number of benzene rings is 3. The van der Waals surface area contributed by atoms with Gasteiger partial charge in [-0.25, -0.2) is 4.98 Å². The fraction of sp³-hybridized carbons (Fsp3) is 0.303. The maximum atomic E-state index is 12.0. The average molecular weight is 540 g/mol. The van der Waals surface area contributed by atoms with E-state index in [2.05, 4.69) is 4.98 Å². The predicted molar refractivity (Wildman–Crippen MR) is 157 cm³/mol. The number of carboxylic acid groups (broad SMARTS) is 1. The standard InChI is InChI=1S/C25H27NO3.C8H10N2O/c27-25(28)24(19-8-3-1-2-4-9-19)20-12-15-22(16-13-20)29-17-21-14-11-18-7-5-6-10-23(18)26-21;9-7(8(10)11)6-4-2-1-3-5-6/h5-7,10-16,19,24H,1-4,8-9,17H2,(H,27,28);1-5,7H,9H2,(H2,10,11). The molecule has 7 nitrogen and oxygen atoms in total. The summed E-state index contributed by atoms with van der Waals surface area (Å²) < 4.78 is 5.89. The molecule has 0 bridgehead atoms. The molecular weight excluding hydrogens is 502 g/mol. The van der Waals surface area contributed by atoms with E-state index in [1.165, 1.54) is 12.8 Å². The van der Waals surface area contributed by atoms with Crippen molar-refractivity contribution in [2.75, 3.05) is 0 Å². The molecule has 0 radical (unpaired) electrons. The van der Waals surface area contributed by atoms with Gasteiger partial charge in [-0.1, -0.05) is 92.4 Å². The van der Waals surface area contributed by atoms with Crippen molar-refractivity contribution in [3.8, 4) is 5.75 Å². The van der Waals surface area contributed by atoms with E-state index in [9.17, 15) is 14.7 Å². The van der Waals surface area contributed by atoms with Gasteiger partial charge in [0.05, 0.1) is 17.1 Å². The van der Waals surface area contributed by atoms with Gasteiger partial charge in [-0.2, -0.15) is 0 Å². The molecule has 2 unspecified atom stereocenters. The monoisotopic (exact) mass is 539 g/mol. The first-order valence-electron chi connectivity index (χ1n) is 13.8. The second-order valence-corrected chi connectivity index (χ2v) is 10.2. The van der Waals surface area contributed by atoms with Crippen LogP contribution in [0.2, 0.25) is 0 Å². The van der Waals surface area contributed by atoms with Crippen LogP contribution in [0.25, 0.3) is 10.9 Å². The van der Waals surface area contributed by atoms with Crippen molar-refractivity contribution in [2.45, 2.75) is 57.1 Å². The average Bonchev–Trinajstić information content (AvgIpc) is 3.26. The summed E-state index contributed by atoms with van der Waals surface area (Å²) in [6.45, 7) is 0.384. The molecule has 208 valence electrons. The minimum absolute atomic E-state index is 0.226. The molecule has 0 aliphatic heterocycles. The number of fused-ring (bicyclic) bond motifs is 1. The minimum atomic E-state index is -0.717. The molecule has 3 aromatic carbocycles. The number of hydrogen-bond donors (Lipinski definition) is 3. The molecule has 1 fully saturated rings. The van der Waals surface area contributed by atoms with E-state index in [-0.39, 0.29) is 5.92 Å². The van der Waals surface area contributed by atoms with Gasteiger partial charge in [0.25, 0.3) is 0 Å². The number of primary amides is 1. The highest BCUT2D eigenvalue weighted by Gasteiger charge is 2.30. The number of amides is 1. The summed E-state index contributed by atoms with van der Waals surface area (Å²) in [5.74, 6) is -0.691. The van der Waals surface area contributed by atoms with Crippen molar-refractivity contribution in [1.29, 1.82) is 0 Å². The number of ether oxygens (including phenoxy) is 1. The zero-order chi connectivity index (χ0) is 28.3. The number of aromatic nitrogens is 1. The van der Waals surface area contributed by atoms with Crippen molar-refractivity contribution < 1.29 is 19.4 Å². The van der Waals surface area contributed by atoms with Crippen molar-refractivity contribution in [3.05, 3.63) is 108 Å². The van der Waals surface area contributed by atoms with Gasteiger partial charge in [0, 0.05) is 5.39 Å². The number of pyridine rings is 1. The fourth-order valence-corrected chi connectivity index (χ4v) is 5.20. The number of rotatable bonds is 8. The lowest BCUT2D eigenvalue weighted by Gasteiger charge is -2.23. The van der Waals surface area contributed by atoms with Gasteiger partial charge in [0.1, 0.15) is 18.4 Å². The maximum absolute atomic E-state index is 12.0. The van der Waals surface area contributed by atoms with Gasteiger partial charge in [-0.15, -0.1) is 0 Å². The first-order chi connectivity index (χ1) is 19.4. The van der Waals surface area contributed by atoms with E-state index in [4.69, 9.17) is 16.2 Å². The Hall–Kier alpha value is -4.23. The van der Waals surface area contributed by atoms with Crippen LogP contribution in [0.4, 0.5) is 0 Å². The summed E-state index contributed by atoms with van der Waals surface area (Å²) in [6, 6.07) is 28.0. The van der Waals surface area contributed by atoms with E-state index in [1.807, 2.05) is 78.9 Å². The van der Waals surface area contributed by atoms with Crippen LogP contribution in [0.3, 0.4) is 0 Å². The lowest BCUT2D eigenvalue weighted by atomic mass is 9.81. The van der Waals surface area contributed by atoms with E-state index >= 15 is 0 Å². The van der Waals surface area contributed by atoms with Crippen LogP contribution in [0.1, 0.15) is 67.3 Å². The number of hydrogen-bond acceptors (Lipinski definition) is 5. The van der Waals surface area contributed by atoms with Crippen LogP contribution in [-0.4, -0.2) is 22.0 Å². The van der Waals surface area contributed by atoms with Crippen molar-refractivity contribution in [3.63, 3.8) is 0 Å². The molecule has 0 spiro atoms. The van der Waals surface area contributed by atoms with Crippen molar-refractivity contribution >= 4 is 22.8 Å². The van der Waals surface area contributed by atoms with Gasteiger partial charge in [-0.3, -0.25) is 9.59 Å². The van der Waals surface area contributed by atoms with Gasteiger partial charge < -0.3 is 21.3 Å². The number of carbonyl (C=O) groups excluding carboxylic acids is 1. The third-order valence-corrected chi connectivity index (χ3v) is 7.38. The summed E-state index contributed by atoms with van der Waals surface area (Å²) >= 11 is 0. The fourth-order valence-electron chi connectivity index (χ4n) is 5.20. The smallest absolute Gasteiger partial charge is 0.311 e. The third-order valence-electron chi connectivity index (χ3n) is 7.38. The summed E-state index contributed by atoms with van der Waals surface area (Å²) in [6.07, 6.45) is 6.71. The number of para-hydroxylation sites is 1. The van der Waals surface area contributed by atoms with Crippen LogP contribution in [0.5, 0.6) is 5.75 Å². The number of nitrogens with zero attached hydrogens (tertiary/aromatic N) is 1. The van der Waals surface area contributed by atoms with E-state index < -0.39 is 23.8 Å². The molecule has 1 heterocycles. The van der Waals surface area contributed by atoms with Gasteiger partial charge in [0.2, 0.25) is 5.91 Å². The zero-order valence-corrected chi connectivity index (χ0v) is 22.6. The van der Waals surface area contributed by atoms with Crippen molar-refractivity contribution in [2.24, 2.45) is 17.4 Å². The predicted octanol–water partition coefficient (Wildman–Crippen LogP) is 6.12. The molecular formula is C33H37N3O4. The third kappa shape index (κ3) is 7.90. The van der Waals surface area contributed by atoms with E-state index in [0.717, 1.165) is 59.2 Å². The van der Waals surface area contributed by atoms with Crippen LogP contribution in [-0.2, 0) is 16.2 Å². The van der Waals surface area contributed by atoms with Gasteiger partial charge >= 0.3 is 5.97 Å². The molecule has 2 atom stereocenters. The molecule has 1 aromatic heterocycles. The Morgan fingerprint density at radius 2 is 1.48 bits per heavy atom. The second kappa shape index (κ2) is 14.2. The molecule has 1 saturated carbocycles. The number of carboxylic acids is 1. The largest absolute Gasteiger partial charge is 0.487 e. The molecule has 5 rings (SSSR count). The SMILES string of the molecule is NC(=O)C(N)c1ccccc1.O=C(O)C(c1ccc(OCc2ccc3ccccc3n2)cc1)C1CCCCCC1. The molecule has 1 amide bonds. The van der Waals surface area contributed by atoms with Crippen LogP contribution < -0.4 is 16.2 Å². The van der Waals surface area contributed by atoms with Gasteiger partial charge in [0.15, 0.2) is 0 Å². The molecule has 5 N–H and O–H groups in total. The lowest BCUT2D eigenvalue weighted by Crippen LogP contribution is -2.27. The molecule has 4 aromatic rings. The van der Waals surface area contributed by atoms with Gasteiger partial charge in [-0.05, 0) is 54.2 Å². The second-order valence-electron chi connectivity index (χ2n) is 10.2. The molecule has 1 aliphatic rings. The highest BCUT2D eigenvalue weighted by atomic mass is 16.5. The minimum Gasteiger partial charge on any atom is -0.487 e. The highest BCUT2D eigenvalue weighted by molar-refractivity contribution is 5.81. The Bertz CT molecular complexity index is 1380. The quantitative estimate of drug-likeness (QED) is 0.231. The summed E-state index contributed by atoms with van der Waals surface area (Å²) in [4.78, 5) is 27.2. The highest BCUT2D eigenvalue weighted by Crippen LogP contribution is 2.36. The Morgan fingerprint density at radius 1 is 0.825 bits per heavy atom. The summed E-state index contributed by atoms with van der Waals surface area (Å²) in [5, 5.41) is 10.9. The zero-order valence-electron chi connectivity index (χ0n) is 22.6. The molecule has 1 aliphatic carbocycles. The number of aliphatic carboxylic acids is 1. The maximum Gasteiger partial charge on any atom is 0.311 e. The number of carbonyl (C=O) groups is 2. The Labute approximate surface area is 235 Å². The van der Waals surface area contributed by atoms with E-state index in [0.29, 0.717) is 6.61 Å². The molecule has 40 heavy (non-hydrogen) atoms. The molecule has 0 saturated heterocycles. The van der Waals surface area contributed by atoms with Crippen LogP contribution in [0.15, 0.2) is 91.0 Å².